The molecule has 1 N–H and O–H groups in total. The van der Waals surface area contributed by atoms with Gasteiger partial charge in [-0.05, 0) is 37.0 Å². The van der Waals surface area contributed by atoms with Gasteiger partial charge in [0.15, 0.2) is 0 Å². The summed E-state index contributed by atoms with van der Waals surface area (Å²) in [6.45, 7) is 4.76. The van der Waals surface area contributed by atoms with Crippen LogP contribution in [0.4, 0.5) is 0 Å². The van der Waals surface area contributed by atoms with Crippen molar-refractivity contribution in [1.82, 2.24) is 5.32 Å². The standard InChI is InChI=1S/C16H24BrNO/c1-13-7-8-14(16(17)11-13)12-18-9-10-19-15-5-3-2-4-6-15/h7-8,11,15,18H,2-6,9-10,12H2,1H3. The van der Waals surface area contributed by atoms with E-state index in [4.69, 9.17) is 4.74 Å². The van der Waals surface area contributed by atoms with Crippen molar-refractivity contribution >= 4 is 15.9 Å². The highest BCUT2D eigenvalue weighted by molar-refractivity contribution is 9.10. The number of rotatable bonds is 6. The molecule has 0 atom stereocenters. The van der Waals surface area contributed by atoms with Gasteiger partial charge >= 0.3 is 0 Å². The fourth-order valence-electron chi connectivity index (χ4n) is 2.55. The Kier molecular flexibility index (Phi) is 6.35. The van der Waals surface area contributed by atoms with Gasteiger partial charge in [-0.2, -0.15) is 0 Å². The Morgan fingerprint density at radius 3 is 2.79 bits per heavy atom. The molecule has 19 heavy (non-hydrogen) atoms. The van der Waals surface area contributed by atoms with Gasteiger partial charge in [0.1, 0.15) is 0 Å². The maximum absolute atomic E-state index is 5.90. The molecule has 1 aromatic carbocycles. The van der Waals surface area contributed by atoms with Gasteiger partial charge in [-0.25, -0.2) is 0 Å². The largest absolute Gasteiger partial charge is 0.377 e. The summed E-state index contributed by atoms with van der Waals surface area (Å²) in [5, 5.41) is 3.45. The van der Waals surface area contributed by atoms with Crippen molar-refractivity contribution in [3.05, 3.63) is 33.8 Å². The van der Waals surface area contributed by atoms with Gasteiger partial charge < -0.3 is 10.1 Å². The summed E-state index contributed by atoms with van der Waals surface area (Å²) in [5.41, 5.74) is 2.60. The third kappa shape index (κ3) is 5.25. The zero-order valence-corrected chi connectivity index (χ0v) is 13.3. The highest BCUT2D eigenvalue weighted by Gasteiger charge is 2.12. The van der Waals surface area contributed by atoms with Crippen LogP contribution in [0.25, 0.3) is 0 Å². The molecule has 0 saturated heterocycles. The summed E-state index contributed by atoms with van der Waals surface area (Å²) in [4.78, 5) is 0. The second kappa shape index (κ2) is 8.03. The van der Waals surface area contributed by atoms with E-state index in [9.17, 15) is 0 Å². The highest BCUT2D eigenvalue weighted by atomic mass is 79.9. The van der Waals surface area contributed by atoms with Crippen molar-refractivity contribution in [2.24, 2.45) is 0 Å². The normalized spacial score (nSPS) is 16.7. The van der Waals surface area contributed by atoms with Crippen LogP contribution in [-0.2, 0) is 11.3 Å². The lowest BCUT2D eigenvalue weighted by Gasteiger charge is -2.22. The molecule has 0 aliphatic heterocycles. The summed E-state index contributed by atoms with van der Waals surface area (Å²) in [7, 11) is 0. The summed E-state index contributed by atoms with van der Waals surface area (Å²) in [5.74, 6) is 0. The fourth-order valence-corrected chi connectivity index (χ4v) is 3.18. The first-order valence-electron chi connectivity index (χ1n) is 7.33. The molecule has 2 nitrogen and oxygen atoms in total. The molecule has 0 spiro atoms. The summed E-state index contributed by atoms with van der Waals surface area (Å²) in [6, 6.07) is 6.49. The molecule has 0 heterocycles. The molecule has 1 aliphatic rings. The first-order chi connectivity index (χ1) is 9.25. The first kappa shape index (κ1) is 15.0. The van der Waals surface area contributed by atoms with E-state index in [1.165, 1.54) is 47.7 Å². The first-order valence-corrected chi connectivity index (χ1v) is 8.12. The smallest absolute Gasteiger partial charge is 0.0594 e. The van der Waals surface area contributed by atoms with Gasteiger partial charge in [0, 0.05) is 17.6 Å². The van der Waals surface area contributed by atoms with Crippen LogP contribution in [0.3, 0.4) is 0 Å². The summed E-state index contributed by atoms with van der Waals surface area (Å²) >= 11 is 3.61. The lowest BCUT2D eigenvalue weighted by atomic mass is 9.98. The van der Waals surface area contributed by atoms with Gasteiger partial charge in [-0.1, -0.05) is 47.3 Å². The molecule has 3 heteroatoms. The molecule has 2 rings (SSSR count). The van der Waals surface area contributed by atoms with E-state index in [1.54, 1.807) is 0 Å². The number of aryl methyl sites for hydroxylation is 1. The summed E-state index contributed by atoms with van der Waals surface area (Å²) < 4.78 is 7.08. The third-order valence-electron chi connectivity index (χ3n) is 3.71. The van der Waals surface area contributed by atoms with Crippen LogP contribution in [0.5, 0.6) is 0 Å². The Morgan fingerprint density at radius 2 is 2.05 bits per heavy atom. The number of halogens is 1. The Bertz CT molecular complexity index is 388. The van der Waals surface area contributed by atoms with E-state index in [0.29, 0.717) is 6.10 Å². The lowest BCUT2D eigenvalue weighted by Crippen LogP contribution is -2.24. The molecule has 0 unspecified atom stereocenters. The predicted molar refractivity (Wildman–Crippen MR) is 83.4 cm³/mol. The molecule has 1 aromatic rings. The monoisotopic (exact) mass is 325 g/mol. The van der Waals surface area contributed by atoms with Crippen molar-refractivity contribution in [2.75, 3.05) is 13.2 Å². The van der Waals surface area contributed by atoms with Crippen LogP contribution in [0, 0.1) is 6.92 Å². The molecule has 0 amide bonds. The van der Waals surface area contributed by atoms with E-state index in [1.807, 2.05) is 0 Å². The minimum absolute atomic E-state index is 0.515. The second-order valence-corrected chi connectivity index (χ2v) is 6.26. The molecule has 106 valence electrons. The molecular formula is C16H24BrNO. The number of hydrogen-bond acceptors (Lipinski definition) is 2. The average Bonchev–Trinajstić information content (AvgIpc) is 2.42. The van der Waals surface area contributed by atoms with Crippen molar-refractivity contribution in [3.63, 3.8) is 0 Å². The van der Waals surface area contributed by atoms with Crippen LogP contribution in [-0.4, -0.2) is 19.3 Å². The van der Waals surface area contributed by atoms with Gasteiger partial charge in [0.05, 0.1) is 12.7 Å². The lowest BCUT2D eigenvalue weighted by molar-refractivity contribution is 0.0302. The minimum Gasteiger partial charge on any atom is -0.377 e. The van der Waals surface area contributed by atoms with Crippen molar-refractivity contribution in [3.8, 4) is 0 Å². The Labute approximate surface area is 125 Å². The van der Waals surface area contributed by atoms with Gasteiger partial charge in [0.2, 0.25) is 0 Å². The molecule has 0 radical (unpaired) electrons. The number of benzene rings is 1. The summed E-state index contributed by atoms with van der Waals surface area (Å²) in [6.07, 6.45) is 7.09. The predicted octanol–water partition coefficient (Wildman–Crippen LogP) is 4.20. The van der Waals surface area contributed by atoms with Crippen LogP contribution < -0.4 is 5.32 Å². The third-order valence-corrected chi connectivity index (χ3v) is 4.45. The molecule has 0 aromatic heterocycles. The van der Waals surface area contributed by atoms with Crippen LogP contribution in [0.15, 0.2) is 22.7 Å². The van der Waals surface area contributed by atoms with E-state index < -0.39 is 0 Å². The maximum Gasteiger partial charge on any atom is 0.0594 e. The average molecular weight is 326 g/mol. The van der Waals surface area contributed by atoms with Gasteiger partial charge in [-0.15, -0.1) is 0 Å². The zero-order chi connectivity index (χ0) is 13.5. The van der Waals surface area contributed by atoms with Gasteiger partial charge in [-0.3, -0.25) is 0 Å². The zero-order valence-electron chi connectivity index (χ0n) is 11.8. The minimum atomic E-state index is 0.515. The molecule has 0 bridgehead atoms. The van der Waals surface area contributed by atoms with Crippen molar-refractivity contribution < 1.29 is 4.74 Å². The van der Waals surface area contributed by atoms with Crippen LogP contribution >= 0.6 is 15.9 Å². The van der Waals surface area contributed by atoms with Crippen molar-refractivity contribution in [2.45, 2.75) is 51.7 Å². The van der Waals surface area contributed by atoms with E-state index in [0.717, 1.165) is 19.7 Å². The maximum atomic E-state index is 5.90. The molecule has 1 aliphatic carbocycles. The molecule has 1 fully saturated rings. The Hall–Kier alpha value is -0.380. The quantitative estimate of drug-likeness (QED) is 0.791. The van der Waals surface area contributed by atoms with Crippen molar-refractivity contribution in [1.29, 1.82) is 0 Å². The fraction of sp³-hybridized carbons (Fsp3) is 0.625. The number of nitrogens with one attached hydrogen (secondary N) is 1. The topological polar surface area (TPSA) is 21.3 Å². The molecular weight excluding hydrogens is 302 g/mol. The SMILES string of the molecule is Cc1ccc(CNCCOC2CCCCC2)c(Br)c1. The van der Waals surface area contributed by atoms with E-state index >= 15 is 0 Å². The van der Waals surface area contributed by atoms with E-state index in [-0.39, 0.29) is 0 Å². The molecule has 1 saturated carbocycles. The van der Waals surface area contributed by atoms with Gasteiger partial charge in [0.25, 0.3) is 0 Å². The Balaban J connectivity index is 1.61. The Morgan fingerprint density at radius 1 is 1.26 bits per heavy atom. The number of hydrogen-bond donors (Lipinski definition) is 1. The highest BCUT2D eigenvalue weighted by Crippen LogP contribution is 2.20. The van der Waals surface area contributed by atoms with E-state index in [2.05, 4.69) is 46.4 Å². The number of ether oxygens (including phenoxy) is 1. The second-order valence-electron chi connectivity index (χ2n) is 5.40. The van der Waals surface area contributed by atoms with Crippen LogP contribution in [0.1, 0.15) is 43.2 Å². The van der Waals surface area contributed by atoms with Crippen LogP contribution in [0.2, 0.25) is 0 Å².